The van der Waals surface area contributed by atoms with E-state index in [9.17, 15) is 9.59 Å². The van der Waals surface area contributed by atoms with Crippen molar-refractivity contribution in [1.29, 1.82) is 0 Å². The number of nitrogens with one attached hydrogen (secondary N) is 2. The number of carbonyl (C=O) groups excluding carboxylic acids is 2. The quantitative estimate of drug-likeness (QED) is 0.539. The Hall–Kier alpha value is -2.77. The number of hydrogen-bond acceptors (Lipinski definition) is 5. The highest BCUT2D eigenvalue weighted by Crippen LogP contribution is 2.21. The number of rotatable bonds is 9. The maximum Gasteiger partial charge on any atom is 0.337 e. The molecule has 2 amide bonds. The van der Waals surface area contributed by atoms with Crippen LogP contribution in [0.2, 0.25) is 0 Å². The molecule has 0 fully saturated rings. The van der Waals surface area contributed by atoms with E-state index in [1.807, 2.05) is 24.3 Å². The highest BCUT2D eigenvalue weighted by molar-refractivity contribution is 5.89. The first-order chi connectivity index (χ1) is 13.6. The van der Waals surface area contributed by atoms with Crippen molar-refractivity contribution in [2.75, 3.05) is 27.3 Å². The first kappa shape index (κ1) is 24.3. The van der Waals surface area contributed by atoms with Crippen molar-refractivity contribution in [1.82, 2.24) is 10.6 Å². The van der Waals surface area contributed by atoms with Gasteiger partial charge in [0.15, 0.2) is 0 Å². The minimum absolute atomic E-state index is 0. The molecule has 2 aromatic rings. The second-order valence-electron chi connectivity index (χ2n) is 6.23. The summed E-state index contributed by atoms with van der Waals surface area (Å²) in [5, 5.41) is 5.65. The number of urea groups is 1. The minimum Gasteiger partial charge on any atom is -0.496 e. The Morgan fingerprint density at radius 3 is 2.28 bits per heavy atom. The molecule has 0 aliphatic carbocycles. The van der Waals surface area contributed by atoms with Crippen LogP contribution in [-0.4, -0.2) is 39.3 Å². The average Bonchev–Trinajstić information content (AvgIpc) is 2.73. The Labute approximate surface area is 177 Å². The lowest BCUT2D eigenvalue weighted by molar-refractivity contribution is 0.0600. The van der Waals surface area contributed by atoms with Crippen LogP contribution in [-0.2, 0) is 24.1 Å². The Kier molecular flexibility index (Phi) is 10.6. The van der Waals surface area contributed by atoms with Crippen LogP contribution < -0.4 is 21.1 Å². The molecule has 158 valence electrons. The molecule has 0 unspecified atom stereocenters. The number of halogens is 1. The molecule has 0 saturated heterocycles. The third-order valence-electron chi connectivity index (χ3n) is 4.30. The zero-order valence-corrected chi connectivity index (χ0v) is 17.5. The van der Waals surface area contributed by atoms with E-state index in [4.69, 9.17) is 15.2 Å². The maximum atomic E-state index is 12.0. The van der Waals surface area contributed by atoms with Gasteiger partial charge in [-0.1, -0.05) is 30.3 Å². The van der Waals surface area contributed by atoms with Crippen LogP contribution in [0.3, 0.4) is 0 Å². The highest BCUT2D eigenvalue weighted by atomic mass is 35.5. The maximum absolute atomic E-state index is 12.0. The fourth-order valence-electron chi connectivity index (χ4n) is 2.74. The summed E-state index contributed by atoms with van der Waals surface area (Å²) in [5.74, 6) is 0.168. The Bertz CT molecular complexity index is 797. The smallest absolute Gasteiger partial charge is 0.337 e. The van der Waals surface area contributed by atoms with E-state index in [0.717, 1.165) is 17.5 Å². The van der Waals surface area contributed by atoms with Crippen LogP contribution in [0.1, 0.15) is 27.0 Å². The van der Waals surface area contributed by atoms with Crippen LogP contribution in [0.5, 0.6) is 5.75 Å². The van der Waals surface area contributed by atoms with Gasteiger partial charge in [-0.3, -0.25) is 0 Å². The van der Waals surface area contributed by atoms with Gasteiger partial charge in [0.25, 0.3) is 0 Å². The molecule has 4 N–H and O–H groups in total. The molecule has 0 saturated carbocycles. The molecule has 0 radical (unpaired) electrons. The number of benzene rings is 2. The van der Waals surface area contributed by atoms with E-state index in [1.54, 1.807) is 25.3 Å². The summed E-state index contributed by atoms with van der Waals surface area (Å²) in [7, 11) is 2.87. The summed E-state index contributed by atoms with van der Waals surface area (Å²) in [6.45, 7) is 1.51. The Morgan fingerprint density at radius 1 is 0.966 bits per heavy atom. The van der Waals surface area contributed by atoms with E-state index < -0.39 is 5.97 Å². The number of amides is 2. The van der Waals surface area contributed by atoms with Crippen LogP contribution >= 0.6 is 12.4 Å². The molecule has 0 bridgehead atoms. The first-order valence-corrected chi connectivity index (χ1v) is 9.12. The van der Waals surface area contributed by atoms with E-state index in [1.165, 1.54) is 12.7 Å². The molecule has 2 rings (SSSR count). The molecule has 0 aromatic heterocycles. The number of hydrogen-bond donors (Lipinski definition) is 3. The summed E-state index contributed by atoms with van der Waals surface area (Å²) in [6.07, 6.45) is 1.42. The van der Waals surface area contributed by atoms with E-state index in [0.29, 0.717) is 37.4 Å². The number of esters is 1. The number of nitrogens with two attached hydrogens (primary N) is 1. The fraction of sp³-hybridized carbons (Fsp3) is 0.333. The zero-order valence-electron chi connectivity index (χ0n) is 16.7. The van der Waals surface area contributed by atoms with Crippen LogP contribution in [0, 0.1) is 0 Å². The molecular formula is C21H28ClN3O4. The van der Waals surface area contributed by atoms with Crippen molar-refractivity contribution in [2.24, 2.45) is 5.73 Å². The highest BCUT2D eigenvalue weighted by Gasteiger charge is 2.10. The second kappa shape index (κ2) is 12.6. The minimum atomic E-state index is -0.418. The molecule has 0 aliphatic rings. The van der Waals surface area contributed by atoms with Gasteiger partial charge in [-0.2, -0.15) is 0 Å². The Balaban J connectivity index is 0.00000420. The lowest BCUT2D eigenvalue weighted by Gasteiger charge is -2.11. The standard InChI is InChI=1S/C21H27N3O4.ClH/c1-27-19-13-18(20(25)28-2)8-7-17(19)10-12-23-21(26)24-14-16-5-3-15(4-6-16)9-11-22;/h3-8,13H,9-12,14,22H2,1-2H3,(H2,23,24,26);1H. The van der Waals surface area contributed by atoms with Gasteiger partial charge in [-0.25, -0.2) is 9.59 Å². The summed E-state index contributed by atoms with van der Waals surface area (Å²) >= 11 is 0. The molecule has 29 heavy (non-hydrogen) atoms. The summed E-state index contributed by atoms with van der Waals surface area (Å²) < 4.78 is 10.0. The van der Waals surface area contributed by atoms with E-state index in [-0.39, 0.29) is 18.4 Å². The molecule has 0 atom stereocenters. The average molecular weight is 422 g/mol. The van der Waals surface area contributed by atoms with Gasteiger partial charge in [0.1, 0.15) is 5.75 Å². The van der Waals surface area contributed by atoms with Gasteiger partial charge in [0.2, 0.25) is 0 Å². The predicted octanol–water partition coefficient (Wildman–Crippen LogP) is 2.45. The van der Waals surface area contributed by atoms with Gasteiger partial charge in [0, 0.05) is 13.1 Å². The molecular weight excluding hydrogens is 394 g/mol. The van der Waals surface area contributed by atoms with Gasteiger partial charge in [0.05, 0.1) is 19.8 Å². The SMILES string of the molecule is COC(=O)c1ccc(CCNC(=O)NCc2ccc(CCN)cc2)c(OC)c1.Cl. The third-order valence-corrected chi connectivity index (χ3v) is 4.30. The summed E-state index contributed by atoms with van der Waals surface area (Å²) in [5.41, 5.74) is 9.06. The Morgan fingerprint density at radius 2 is 1.66 bits per heavy atom. The largest absolute Gasteiger partial charge is 0.496 e. The molecule has 0 spiro atoms. The van der Waals surface area contributed by atoms with Gasteiger partial charge < -0.3 is 25.8 Å². The molecule has 8 heteroatoms. The first-order valence-electron chi connectivity index (χ1n) is 9.12. The van der Waals surface area contributed by atoms with Crippen LogP contribution in [0.4, 0.5) is 4.79 Å². The summed E-state index contributed by atoms with van der Waals surface area (Å²) in [4.78, 5) is 23.6. The van der Waals surface area contributed by atoms with Gasteiger partial charge in [-0.15, -0.1) is 12.4 Å². The van der Waals surface area contributed by atoms with Gasteiger partial charge in [-0.05, 0) is 48.2 Å². The second-order valence-corrected chi connectivity index (χ2v) is 6.23. The topological polar surface area (TPSA) is 103 Å². The number of carbonyl (C=O) groups is 2. The lowest BCUT2D eigenvalue weighted by atomic mass is 10.1. The van der Waals surface area contributed by atoms with Crippen molar-refractivity contribution < 1.29 is 19.1 Å². The van der Waals surface area contributed by atoms with Crippen molar-refractivity contribution in [3.05, 3.63) is 64.7 Å². The van der Waals surface area contributed by atoms with Gasteiger partial charge >= 0.3 is 12.0 Å². The molecule has 0 heterocycles. The van der Waals surface area contributed by atoms with E-state index >= 15 is 0 Å². The lowest BCUT2D eigenvalue weighted by Crippen LogP contribution is -2.36. The van der Waals surface area contributed by atoms with Crippen molar-refractivity contribution >= 4 is 24.4 Å². The van der Waals surface area contributed by atoms with E-state index in [2.05, 4.69) is 10.6 Å². The normalized spacial score (nSPS) is 9.90. The van der Waals surface area contributed by atoms with Crippen molar-refractivity contribution in [2.45, 2.75) is 19.4 Å². The zero-order chi connectivity index (χ0) is 20.4. The molecule has 0 aliphatic heterocycles. The predicted molar refractivity (Wildman–Crippen MR) is 115 cm³/mol. The monoisotopic (exact) mass is 421 g/mol. The fourth-order valence-corrected chi connectivity index (χ4v) is 2.74. The summed E-state index contributed by atoms with van der Waals surface area (Å²) in [6, 6.07) is 12.9. The number of ether oxygens (including phenoxy) is 2. The van der Waals surface area contributed by atoms with Crippen molar-refractivity contribution in [3.63, 3.8) is 0 Å². The molecule has 2 aromatic carbocycles. The molecule has 7 nitrogen and oxygen atoms in total. The van der Waals surface area contributed by atoms with Crippen LogP contribution in [0.25, 0.3) is 0 Å². The number of methoxy groups -OCH3 is 2. The van der Waals surface area contributed by atoms with Crippen molar-refractivity contribution in [3.8, 4) is 5.75 Å². The third kappa shape index (κ3) is 7.63. The van der Waals surface area contributed by atoms with Crippen LogP contribution in [0.15, 0.2) is 42.5 Å².